The quantitative estimate of drug-likeness (QED) is 0.656. The molecule has 0 spiro atoms. The number of aromatic hydroxyl groups is 1. The molecule has 1 heterocycles. The van der Waals surface area contributed by atoms with Crippen molar-refractivity contribution in [3.63, 3.8) is 0 Å². The maximum absolute atomic E-state index is 11.7. The number of hydrogen-bond donors (Lipinski definition) is 1. The van der Waals surface area contributed by atoms with Crippen molar-refractivity contribution in [1.29, 1.82) is 0 Å². The van der Waals surface area contributed by atoms with E-state index in [1.165, 1.54) is 14.0 Å². The Morgan fingerprint density at radius 2 is 2.23 bits per heavy atom. The summed E-state index contributed by atoms with van der Waals surface area (Å²) >= 11 is 0. The maximum atomic E-state index is 11.7. The van der Waals surface area contributed by atoms with Gasteiger partial charge in [-0.05, 0) is 45.8 Å². The number of carbonyl (C=O) groups excluding carboxylic acids is 1. The molecule has 0 aliphatic carbocycles. The summed E-state index contributed by atoms with van der Waals surface area (Å²) in [6.07, 6.45) is 9.57. The molecule has 2 rings (SSSR count). The van der Waals surface area contributed by atoms with E-state index in [4.69, 9.17) is 9.47 Å². The molecule has 1 atom stereocenters. The number of ether oxygens (including phenoxy) is 2. The first-order valence-corrected chi connectivity index (χ1v) is 7.36. The highest BCUT2D eigenvalue weighted by molar-refractivity contribution is 6.01. The van der Waals surface area contributed by atoms with E-state index >= 15 is 0 Å². The van der Waals surface area contributed by atoms with Crippen molar-refractivity contribution in [3.05, 3.63) is 35.4 Å². The molecule has 1 N–H and O–H groups in total. The van der Waals surface area contributed by atoms with Gasteiger partial charge in [-0.25, -0.2) is 0 Å². The minimum absolute atomic E-state index is 0.0893. The Balaban J connectivity index is 2.42. The highest BCUT2D eigenvalue weighted by Crippen LogP contribution is 2.44. The topological polar surface area (TPSA) is 55.8 Å². The Kier molecular flexibility index (Phi) is 4.59. The second-order valence-corrected chi connectivity index (χ2v) is 5.63. The zero-order chi connectivity index (χ0) is 16.3. The van der Waals surface area contributed by atoms with Gasteiger partial charge in [0.15, 0.2) is 5.78 Å². The van der Waals surface area contributed by atoms with Crippen molar-refractivity contribution in [2.24, 2.45) is 0 Å². The first-order chi connectivity index (χ1) is 10.4. The van der Waals surface area contributed by atoms with Gasteiger partial charge < -0.3 is 14.6 Å². The molecule has 4 heteroatoms. The zero-order valence-electron chi connectivity index (χ0n) is 13.5. The lowest BCUT2D eigenvalue weighted by Crippen LogP contribution is -2.31. The number of ketones is 1. The number of benzene rings is 1. The van der Waals surface area contributed by atoms with Gasteiger partial charge in [0.25, 0.3) is 0 Å². The van der Waals surface area contributed by atoms with Crippen LogP contribution in [0.5, 0.6) is 17.2 Å². The Labute approximate surface area is 131 Å². The van der Waals surface area contributed by atoms with Crippen molar-refractivity contribution in [1.82, 2.24) is 0 Å². The fourth-order valence-electron chi connectivity index (χ4n) is 2.60. The molecule has 118 valence electrons. The van der Waals surface area contributed by atoms with Gasteiger partial charge in [-0.15, -0.1) is 0 Å². The highest BCUT2D eigenvalue weighted by Gasteiger charge is 2.30. The van der Waals surface area contributed by atoms with Gasteiger partial charge in [0.05, 0.1) is 12.7 Å². The monoisotopic (exact) mass is 302 g/mol. The molecule has 0 fully saturated rings. The van der Waals surface area contributed by atoms with Crippen LogP contribution in [-0.2, 0) is 0 Å². The van der Waals surface area contributed by atoms with Gasteiger partial charge in [-0.3, -0.25) is 4.79 Å². The normalized spacial score (nSPS) is 19.8. The van der Waals surface area contributed by atoms with Gasteiger partial charge in [0, 0.05) is 6.07 Å². The Morgan fingerprint density at radius 1 is 1.50 bits per heavy atom. The lowest BCUT2D eigenvalue weighted by molar-refractivity contribution is 0.101. The first kappa shape index (κ1) is 16.1. The van der Waals surface area contributed by atoms with Gasteiger partial charge in [0.2, 0.25) is 0 Å². The smallest absolute Gasteiger partial charge is 0.167 e. The molecule has 1 aromatic carbocycles. The van der Waals surface area contributed by atoms with Gasteiger partial charge in [-0.2, -0.15) is 0 Å². The first-order valence-electron chi connectivity index (χ1n) is 7.36. The number of methoxy groups -OCH3 is 1. The summed E-state index contributed by atoms with van der Waals surface area (Å²) in [4.78, 5) is 11.7. The van der Waals surface area contributed by atoms with E-state index in [9.17, 15) is 9.90 Å². The molecule has 1 unspecified atom stereocenters. The summed E-state index contributed by atoms with van der Waals surface area (Å²) in [6.45, 7) is 5.39. The fraction of sp³-hybridized carbons (Fsp3) is 0.389. The molecule has 1 aliphatic rings. The maximum Gasteiger partial charge on any atom is 0.167 e. The Bertz CT molecular complexity index is 643. The van der Waals surface area contributed by atoms with E-state index in [0.717, 1.165) is 12.8 Å². The van der Waals surface area contributed by atoms with Crippen LogP contribution in [0.3, 0.4) is 0 Å². The predicted molar refractivity (Wildman–Crippen MR) is 86.8 cm³/mol. The van der Waals surface area contributed by atoms with Crippen molar-refractivity contribution in [3.8, 4) is 17.2 Å². The summed E-state index contributed by atoms with van der Waals surface area (Å²) in [7, 11) is 1.47. The second kappa shape index (κ2) is 6.26. The number of rotatable bonds is 5. The molecule has 0 saturated carbocycles. The molecular weight excluding hydrogens is 280 g/mol. The van der Waals surface area contributed by atoms with E-state index in [1.54, 1.807) is 6.07 Å². The van der Waals surface area contributed by atoms with Crippen molar-refractivity contribution in [2.75, 3.05) is 7.11 Å². The van der Waals surface area contributed by atoms with Crippen LogP contribution in [0.2, 0.25) is 0 Å². The van der Waals surface area contributed by atoms with E-state index in [1.807, 2.05) is 32.1 Å². The Morgan fingerprint density at radius 3 is 2.82 bits per heavy atom. The van der Waals surface area contributed by atoms with Gasteiger partial charge >= 0.3 is 0 Å². The zero-order valence-corrected chi connectivity index (χ0v) is 13.5. The number of hydrogen-bond acceptors (Lipinski definition) is 4. The van der Waals surface area contributed by atoms with E-state index in [0.29, 0.717) is 17.1 Å². The molecule has 22 heavy (non-hydrogen) atoms. The average Bonchev–Trinajstić information content (AvgIpc) is 2.46. The largest absolute Gasteiger partial charge is 0.506 e. The van der Waals surface area contributed by atoms with E-state index in [-0.39, 0.29) is 17.1 Å². The summed E-state index contributed by atoms with van der Waals surface area (Å²) in [6, 6.07) is 1.67. The van der Waals surface area contributed by atoms with Crippen molar-refractivity contribution in [2.45, 2.75) is 39.2 Å². The fourth-order valence-corrected chi connectivity index (χ4v) is 2.60. The Hall–Kier alpha value is -2.23. The number of Topliss-reactive ketones (excluding diaryl/α,β-unsaturated/α-hetero) is 1. The number of carbonyl (C=O) groups is 1. The lowest BCUT2D eigenvalue weighted by atomic mass is 9.93. The lowest BCUT2D eigenvalue weighted by Gasteiger charge is -2.32. The summed E-state index contributed by atoms with van der Waals surface area (Å²) in [5, 5.41) is 10.4. The van der Waals surface area contributed by atoms with Crippen molar-refractivity contribution >= 4 is 11.9 Å². The van der Waals surface area contributed by atoms with Crippen LogP contribution in [0.1, 0.15) is 49.5 Å². The minimum atomic E-state index is -0.443. The molecular formula is C18H22O4. The summed E-state index contributed by atoms with van der Waals surface area (Å²) in [5.74, 6) is 0.528. The third kappa shape index (κ3) is 3.01. The van der Waals surface area contributed by atoms with E-state index in [2.05, 4.69) is 6.08 Å². The number of phenolic OH excluding ortho intramolecular Hbond substituents is 1. The molecule has 1 aliphatic heterocycles. The van der Waals surface area contributed by atoms with Crippen LogP contribution in [-0.4, -0.2) is 23.6 Å². The third-order valence-corrected chi connectivity index (χ3v) is 3.83. The number of phenols is 1. The number of fused-ring (bicyclic) bond motifs is 1. The molecule has 1 aromatic rings. The molecule has 0 bridgehead atoms. The SMILES string of the molecule is C/C=C/CCC1(C)C=Cc2c(cc(OC)c(C(C)=O)c2O)O1. The summed E-state index contributed by atoms with van der Waals surface area (Å²) in [5.41, 5.74) is 0.267. The second-order valence-electron chi connectivity index (χ2n) is 5.63. The average molecular weight is 302 g/mol. The predicted octanol–water partition coefficient (Wildman–Crippen LogP) is 4.12. The molecule has 0 saturated heterocycles. The molecule has 0 radical (unpaired) electrons. The van der Waals surface area contributed by atoms with Crippen molar-refractivity contribution < 1.29 is 19.4 Å². The molecule has 4 nitrogen and oxygen atoms in total. The van der Waals surface area contributed by atoms with Gasteiger partial charge in [0.1, 0.15) is 28.4 Å². The molecule has 0 aromatic heterocycles. The van der Waals surface area contributed by atoms with Crippen LogP contribution in [0.25, 0.3) is 6.08 Å². The minimum Gasteiger partial charge on any atom is -0.506 e. The standard InChI is InChI=1S/C18H22O4/c1-5-6-7-9-18(3)10-8-13-14(22-18)11-15(21-4)16(12(2)19)17(13)20/h5-6,8,10-11,20H,7,9H2,1-4H3/b6-5+. The molecule has 0 amide bonds. The van der Waals surface area contributed by atoms with Crippen LogP contribution in [0.4, 0.5) is 0 Å². The van der Waals surface area contributed by atoms with Gasteiger partial charge in [-0.1, -0.05) is 12.2 Å². The highest BCUT2D eigenvalue weighted by atomic mass is 16.5. The number of allylic oxidation sites excluding steroid dienone is 2. The third-order valence-electron chi connectivity index (χ3n) is 3.83. The van der Waals surface area contributed by atoms with Crippen LogP contribution in [0, 0.1) is 0 Å². The van der Waals surface area contributed by atoms with Crippen LogP contribution >= 0.6 is 0 Å². The van der Waals surface area contributed by atoms with Crippen LogP contribution < -0.4 is 9.47 Å². The van der Waals surface area contributed by atoms with E-state index < -0.39 is 5.60 Å². The van der Waals surface area contributed by atoms with Crippen LogP contribution in [0.15, 0.2) is 24.3 Å². The summed E-state index contributed by atoms with van der Waals surface area (Å²) < 4.78 is 11.3.